The minimum atomic E-state index is -3.57. The van der Waals surface area contributed by atoms with Gasteiger partial charge >= 0.3 is 6.03 Å². The molecule has 49 heavy (non-hydrogen) atoms. The first kappa shape index (κ1) is 41.0. The summed E-state index contributed by atoms with van der Waals surface area (Å²) in [5.74, 6) is -2.68. The molecule has 0 aromatic rings. The number of alkyl halides is 1. The molecule has 2 aliphatic carbocycles. The van der Waals surface area contributed by atoms with E-state index in [0.717, 1.165) is 25.7 Å². The van der Waals surface area contributed by atoms with Crippen molar-refractivity contribution in [3.8, 4) is 0 Å². The smallest absolute Gasteiger partial charge is 0.315 e. The molecule has 1 heterocycles. The number of unbranched alkanes of at least 4 members (excludes halogenated alkanes) is 1. The summed E-state index contributed by atoms with van der Waals surface area (Å²) >= 11 is 5.68. The van der Waals surface area contributed by atoms with E-state index in [0.29, 0.717) is 25.8 Å². The van der Waals surface area contributed by atoms with Crippen LogP contribution in [0.5, 0.6) is 0 Å². The molecule has 4 N–H and O–H groups in total. The largest absolute Gasteiger partial charge is 0.348 e. The quantitative estimate of drug-likeness (QED) is 0.156. The van der Waals surface area contributed by atoms with Gasteiger partial charge in [-0.15, -0.1) is 11.6 Å². The van der Waals surface area contributed by atoms with Crippen LogP contribution in [0.15, 0.2) is 0 Å². The van der Waals surface area contributed by atoms with Crippen molar-refractivity contribution in [3.05, 3.63) is 0 Å². The SMILES string of the molecule is CCCCC(NC(=O)[C@@H]1C2C(CN1C(=O)[C@@H](NC(=O)NC1(CS(=O)(=O)C(C)(C)C)CCCCC1)C(C)(C)C)C2(C)C)C(=O)C(=O)NCCCl. The second-order valence-corrected chi connectivity index (χ2v) is 20.1. The number of fused-ring (bicyclic) bond motifs is 1. The van der Waals surface area contributed by atoms with Crippen molar-refractivity contribution in [2.24, 2.45) is 22.7 Å². The summed E-state index contributed by atoms with van der Waals surface area (Å²) < 4.78 is 25.6. The molecule has 5 atom stereocenters. The van der Waals surface area contributed by atoms with Gasteiger partial charge in [0.25, 0.3) is 5.91 Å². The standard InChI is InChI=1S/C35H60ClN5O7S/c1-10-11-15-23(26(42)29(44)37-19-18-36)38-28(43)25-24-22(34(24,8)9)20-41(25)30(45)27(32(2,3)4)39-31(46)40-35(16-13-12-14-17-35)21-49(47,48)33(5,6)7/h22-25,27H,10-21H2,1-9H3,(H,37,44)(H,38,43)(H2,39,40,46)/t22?,23?,24?,25-,27+/m0/s1. The van der Waals surface area contributed by atoms with Crippen LogP contribution in [0.1, 0.15) is 114 Å². The average molecular weight is 730 g/mol. The van der Waals surface area contributed by atoms with Crippen molar-refractivity contribution in [1.29, 1.82) is 0 Å². The van der Waals surface area contributed by atoms with Crippen molar-refractivity contribution < 1.29 is 32.4 Å². The third-order valence-corrected chi connectivity index (χ3v) is 13.8. The number of nitrogens with zero attached hydrogens (tertiary/aromatic N) is 1. The molecule has 1 aliphatic heterocycles. The minimum absolute atomic E-state index is 0.0478. The van der Waals surface area contributed by atoms with Gasteiger partial charge < -0.3 is 26.2 Å². The van der Waals surface area contributed by atoms with Crippen molar-refractivity contribution in [1.82, 2.24) is 26.2 Å². The maximum Gasteiger partial charge on any atom is 0.315 e. The van der Waals surface area contributed by atoms with E-state index in [4.69, 9.17) is 11.6 Å². The van der Waals surface area contributed by atoms with Gasteiger partial charge in [-0.3, -0.25) is 19.2 Å². The Morgan fingerprint density at radius 2 is 1.57 bits per heavy atom. The molecule has 2 saturated carbocycles. The van der Waals surface area contributed by atoms with E-state index in [2.05, 4.69) is 21.3 Å². The van der Waals surface area contributed by atoms with E-state index < -0.39 is 73.2 Å². The van der Waals surface area contributed by atoms with E-state index in [1.165, 1.54) is 4.90 Å². The molecule has 5 amide bonds. The highest BCUT2D eigenvalue weighted by atomic mass is 35.5. The summed E-state index contributed by atoms with van der Waals surface area (Å²) in [6.45, 7) is 16.9. The number of carbonyl (C=O) groups excluding carboxylic acids is 5. The lowest BCUT2D eigenvalue weighted by atomic mass is 9.83. The van der Waals surface area contributed by atoms with Crippen molar-refractivity contribution in [3.63, 3.8) is 0 Å². The minimum Gasteiger partial charge on any atom is -0.348 e. The third kappa shape index (κ3) is 9.48. The molecule has 14 heteroatoms. The summed E-state index contributed by atoms with van der Waals surface area (Å²) in [5.41, 5.74) is -1.94. The molecule has 1 saturated heterocycles. The van der Waals surface area contributed by atoms with Crippen LogP contribution in [0.25, 0.3) is 0 Å². The zero-order valence-electron chi connectivity index (χ0n) is 31.0. The van der Waals surface area contributed by atoms with Crippen LogP contribution in [0, 0.1) is 22.7 Å². The normalized spacial score (nSPS) is 24.2. The number of sulfone groups is 1. The third-order valence-electron chi connectivity index (χ3n) is 10.8. The number of nitrogens with one attached hydrogen (secondary N) is 4. The molecule has 0 aromatic carbocycles. The molecule has 3 rings (SSSR count). The zero-order valence-corrected chi connectivity index (χ0v) is 32.5. The predicted molar refractivity (Wildman–Crippen MR) is 191 cm³/mol. The van der Waals surface area contributed by atoms with E-state index in [1.807, 2.05) is 41.5 Å². The predicted octanol–water partition coefficient (Wildman–Crippen LogP) is 3.70. The second-order valence-electron chi connectivity index (χ2n) is 17.0. The van der Waals surface area contributed by atoms with Gasteiger partial charge in [0.05, 0.1) is 22.1 Å². The molecule has 0 radical (unpaired) electrons. The topological polar surface area (TPSA) is 171 Å². The number of hydrogen-bond donors (Lipinski definition) is 4. The molecule has 12 nitrogen and oxygen atoms in total. The van der Waals surface area contributed by atoms with Crippen LogP contribution in [0.3, 0.4) is 0 Å². The van der Waals surface area contributed by atoms with Gasteiger partial charge in [-0.05, 0) is 62.7 Å². The van der Waals surface area contributed by atoms with Crippen LogP contribution in [0.2, 0.25) is 0 Å². The van der Waals surface area contributed by atoms with Crippen LogP contribution in [-0.2, 0) is 29.0 Å². The van der Waals surface area contributed by atoms with Crippen molar-refractivity contribution >= 4 is 51.0 Å². The molecule has 0 spiro atoms. The molecule has 280 valence electrons. The first-order valence-corrected chi connectivity index (χ1v) is 20.0. The van der Waals surface area contributed by atoms with Gasteiger partial charge in [0.2, 0.25) is 17.6 Å². The van der Waals surface area contributed by atoms with Crippen LogP contribution < -0.4 is 21.3 Å². The van der Waals surface area contributed by atoms with Crippen LogP contribution >= 0.6 is 11.6 Å². The molecule has 3 aliphatic rings. The highest BCUT2D eigenvalue weighted by Crippen LogP contribution is 2.65. The number of piperidine rings is 1. The van der Waals surface area contributed by atoms with E-state index in [-0.39, 0.29) is 41.8 Å². The Balaban J connectivity index is 1.86. The summed E-state index contributed by atoms with van der Waals surface area (Å²) in [6.07, 6.45) is 5.15. The Hall–Kier alpha value is -2.41. The number of likely N-dealkylation sites (tertiary alicyclic amines) is 1. The number of ketones is 1. The zero-order chi connectivity index (χ0) is 37.2. The van der Waals surface area contributed by atoms with Gasteiger partial charge in [0.15, 0.2) is 9.84 Å². The number of urea groups is 1. The Morgan fingerprint density at radius 3 is 2.10 bits per heavy atom. The fourth-order valence-corrected chi connectivity index (χ4v) is 9.11. The van der Waals surface area contributed by atoms with E-state index in [1.54, 1.807) is 20.8 Å². The Labute approximate surface area is 298 Å². The van der Waals surface area contributed by atoms with Gasteiger partial charge in [-0.25, -0.2) is 13.2 Å². The number of halogens is 1. The lowest BCUT2D eigenvalue weighted by Gasteiger charge is -2.41. The van der Waals surface area contributed by atoms with Crippen molar-refractivity contribution in [2.75, 3.05) is 24.7 Å². The highest BCUT2D eigenvalue weighted by Gasteiger charge is 2.70. The highest BCUT2D eigenvalue weighted by molar-refractivity contribution is 7.92. The fraction of sp³-hybridized carbons (Fsp3) is 0.857. The number of carbonyl (C=O) groups is 5. The summed E-state index contributed by atoms with van der Waals surface area (Å²) in [5, 5.41) is 11.2. The first-order chi connectivity index (χ1) is 22.5. The average Bonchev–Trinajstić information content (AvgIpc) is 3.30. The maximum atomic E-state index is 14.4. The number of rotatable bonds is 14. The number of hydrogen-bond acceptors (Lipinski definition) is 7. The van der Waals surface area contributed by atoms with Crippen LogP contribution in [-0.4, -0.2) is 96.0 Å². The van der Waals surface area contributed by atoms with E-state index >= 15 is 0 Å². The second kappa shape index (κ2) is 15.5. The summed E-state index contributed by atoms with van der Waals surface area (Å²) in [4.78, 5) is 69.4. The summed E-state index contributed by atoms with van der Waals surface area (Å²) in [6, 6.07) is -3.62. The maximum absolute atomic E-state index is 14.4. The van der Waals surface area contributed by atoms with Gasteiger partial charge in [-0.2, -0.15) is 0 Å². The van der Waals surface area contributed by atoms with Gasteiger partial charge in [0, 0.05) is 19.0 Å². The van der Waals surface area contributed by atoms with Gasteiger partial charge in [-0.1, -0.05) is 73.6 Å². The molecule has 3 fully saturated rings. The Morgan fingerprint density at radius 1 is 0.959 bits per heavy atom. The lowest BCUT2D eigenvalue weighted by molar-refractivity contribution is -0.145. The monoisotopic (exact) mass is 729 g/mol. The Bertz CT molecular complexity index is 1360. The molecular formula is C35H60ClN5O7S. The molecule has 0 bridgehead atoms. The number of amides is 5. The van der Waals surface area contributed by atoms with E-state index in [9.17, 15) is 32.4 Å². The lowest BCUT2D eigenvalue weighted by Crippen LogP contribution is -2.64. The molecule has 3 unspecified atom stereocenters. The summed E-state index contributed by atoms with van der Waals surface area (Å²) in [7, 11) is -3.57. The van der Waals surface area contributed by atoms with Gasteiger partial charge in [0.1, 0.15) is 12.1 Å². The van der Waals surface area contributed by atoms with Crippen molar-refractivity contribution in [2.45, 2.75) is 142 Å². The molecular weight excluding hydrogens is 670 g/mol. The first-order valence-electron chi connectivity index (χ1n) is 17.8. The Kier molecular flexibility index (Phi) is 12.9. The van der Waals surface area contributed by atoms with Crippen LogP contribution in [0.4, 0.5) is 4.79 Å². The number of Topliss-reactive ketones (excluding diaryl/α,β-unsaturated/α-hetero) is 1. The molecule has 0 aromatic heterocycles. The fourth-order valence-electron chi connectivity index (χ4n) is 7.49.